The summed E-state index contributed by atoms with van der Waals surface area (Å²) in [6, 6.07) is 4.01. The number of rotatable bonds is 8. The number of aliphatic imine (C=N–C) groups is 1. The van der Waals surface area contributed by atoms with E-state index < -0.39 is 0 Å². The molecule has 1 heterocycles. The zero-order chi connectivity index (χ0) is 20.4. The molecule has 0 aliphatic heterocycles. The molecule has 0 unspecified atom stereocenters. The second-order valence-electron chi connectivity index (χ2n) is 7.15. The van der Waals surface area contributed by atoms with Gasteiger partial charge in [-0.3, -0.25) is 9.59 Å². The van der Waals surface area contributed by atoms with Gasteiger partial charge in [0.05, 0.1) is 18.8 Å². The molecule has 0 saturated heterocycles. The Kier molecular flexibility index (Phi) is 11.7. The molecule has 0 bridgehead atoms. The maximum Gasteiger partial charge on any atom is 0.308 e. The van der Waals surface area contributed by atoms with Crippen molar-refractivity contribution in [3.8, 4) is 0 Å². The normalized spacial score (nSPS) is 19.1. The Morgan fingerprint density at radius 2 is 2.00 bits per heavy atom. The number of amides is 1. The van der Waals surface area contributed by atoms with Crippen LogP contribution in [0.15, 0.2) is 27.8 Å². The minimum atomic E-state index is -0.0945. The van der Waals surface area contributed by atoms with Crippen molar-refractivity contribution in [1.82, 2.24) is 15.5 Å². The van der Waals surface area contributed by atoms with E-state index in [4.69, 9.17) is 9.15 Å². The van der Waals surface area contributed by atoms with Gasteiger partial charge in [-0.2, -0.15) is 0 Å². The van der Waals surface area contributed by atoms with E-state index in [1.54, 1.807) is 20.4 Å². The molecule has 1 aromatic rings. The molecule has 0 aromatic carbocycles. The summed E-state index contributed by atoms with van der Waals surface area (Å²) in [4.78, 5) is 29.7. The van der Waals surface area contributed by atoms with Gasteiger partial charge >= 0.3 is 5.97 Å². The molecule has 9 heteroatoms. The lowest BCUT2D eigenvalue weighted by atomic mass is 9.86. The van der Waals surface area contributed by atoms with E-state index in [1.165, 1.54) is 4.90 Å². The monoisotopic (exact) mass is 520 g/mol. The standard InChI is InChI=1S/C20H32N4O4.HI/c1-4-27-19(26)15-7-9-16(10-8-15)23-20(22-14-18(25)24(2)3)21-12-11-17-6-5-13-28-17;/h5-6,13,15-16H,4,7-12,14H2,1-3H3,(H2,21,22,23);1H. The number of likely N-dealkylation sites (N-methyl/N-ethyl adjacent to an activating group) is 1. The van der Waals surface area contributed by atoms with Crippen LogP contribution in [0.3, 0.4) is 0 Å². The Morgan fingerprint density at radius 1 is 1.28 bits per heavy atom. The number of hydrogen-bond donors (Lipinski definition) is 2. The first-order chi connectivity index (χ1) is 13.5. The lowest BCUT2D eigenvalue weighted by Gasteiger charge is -2.29. The first kappa shape index (κ1) is 25.3. The van der Waals surface area contributed by atoms with Gasteiger partial charge in [-0.15, -0.1) is 24.0 Å². The summed E-state index contributed by atoms with van der Waals surface area (Å²) in [5.74, 6) is 1.34. The van der Waals surface area contributed by atoms with Crippen molar-refractivity contribution in [3.05, 3.63) is 24.2 Å². The number of guanidine groups is 1. The topological polar surface area (TPSA) is 96.2 Å². The maximum atomic E-state index is 11.9. The SMILES string of the molecule is CCOC(=O)C1CCC(NC(=NCC(=O)N(C)C)NCCc2ccco2)CC1.I. The van der Waals surface area contributed by atoms with Crippen LogP contribution < -0.4 is 10.6 Å². The van der Waals surface area contributed by atoms with Gasteiger partial charge in [-0.25, -0.2) is 4.99 Å². The zero-order valence-corrected chi connectivity index (χ0v) is 19.8. The number of furan rings is 1. The number of carbonyl (C=O) groups excluding carboxylic acids is 2. The molecule has 1 aliphatic rings. The third kappa shape index (κ3) is 9.05. The van der Waals surface area contributed by atoms with Crippen LogP contribution in [0.5, 0.6) is 0 Å². The van der Waals surface area contributed by atoms with Gasteiger partial charge in [0.25, 0.3) is 0 Å². The first-order valence-corrected chi connectivity index (χ1v) is 9.93. The quantitative estimate of drug-likeness (QED) is 0.236. The van der Waals surface area contributed by atoms with E-state index in [9.17, 15) is 9.59 Å². The molecule has 8 nitrogen and oxygen atoms in total. The highest BCUT2D eigenvalue weighted by Crippen LogP contribution is 2.25. The fourth-order valence-electron chi connectivity index (χ4n) is 3.13. The Morgan fingerprint density at radius 3 is 2.59 bits per heavy atom. The predicted octanol–water partition coefficient (Wildman–Crippen LogP) is 2.19. The van der Waals surface area contributed by atoms with E-state index in [1.807, 2.05) is 19.1 Å². The van der Waals surface area contributed by atoms with Crippen LogP contribution in [0.25, 0.3) is 0 Å². The fraction of sp³-hybridized carbons (Fsp3) is 0.650. The highest BCUT2D eigenvalue weighted by molar-refractivity contribution is 14.0. The third-order valence-electron chi connectivity index (χ3n) is 4.80. The summed E-state index contributed by atoms with van der Waals surface area (Å²) in [5.41, 5.74) is 0. The molecule has 0 spiro atoms. The van der Waals surface area contributed by atoms with Crippen LogP contribution in [-0.4, -0.2) is 62.6 Å². The second-order valence-corrected chi connectivity index (χ2v) is 7.15. The summed E-state index contributed by atoms with van der Waals surface area (Å²) in [7, 11) is 3.43. The van der Waals surface area contributed by atoms with Gasteiger partial charge in [0, 0.05) is 33.1 Å². The molecule has 29 heavy (non-hydrogen) atoms. The largest absolute Gasteiger partial charge is 0.469 e. The fourth-order valence-corrected chi connectivity index (χ4v) is 3.13. The van der Waals surface area contributed by atoms with Crippen LogP contribution in [0, 0.1) is 5.92 Å². The van der Waals surface area contributed by atoms with E-state index in [0.717, 1.165) is 37.9 Å². The molecule has 0 atom stereocenters. The van der Waals surface area contributed by atoms with Gasteiger partial charge in [-0.1, -0.05) is 0 Å². The molecule has 164 valence electrons. The van der Waals surface area contributed by atoms with Crippen molar-refractivity contribution in [3.63, 3.8) is 0 Å². The molecule has 1 aromatic heterocycles. The number of hydrogen-bond acceptors (Lipinski definition) is 5. The van der Waals surface area contributed by atoms with Gasteiger partial charge < -0.3 is 24.7 Å². The molecular formula is C20H33IN4O4. The van der Waals surface area contributed by atoms with Crippen molar-refractivity contribution >= 4 is 41.8 Å². The minimum absolute atomic E-state index is 0. The summed E-state index contributed by atoms with van der Waals surface area (Å²) in [6.45, 7) is 2.99. The first-order valence-electron chi connectivity index (χ1n) is 9.93. The average Bonchev–Trinajstić information content (AvgIpc) is 3.19. The smallest absolute Gasteiger partial charge is 0.308 e. The second kappa shape index (κ2) is 13.4. The molecule has 1 amide bonds. The van der Waals surface area contributed by atoms with Gasteiger partial charge in [-0.05, 0) is 44.7 Å². The van der Waals surface area contributed by atoms with Gasteiger partial charge in [0.2, 0.25) is 5.91 Å². The molecule has 2 N–H and O–H groups in total. The van der Waals surface area contributed by atoms with Crippen molar-refractivity contribution in [2.24, 2.45) is 10.9 Å². The van der Waals surface area contributed by atoms with Crippen LogP contribution in [0.2, 0.25) is 0 Å². The summed E-state index contributed by atoms with van der Waals surface area (Å²) in [6.07, 6.45) is 5.71. The number of carbonyl (C=O) groups is 2. The van der Waals surface area contributed by atoms with Crippen LogP contribution in [0.1, 0.15) is 38.4 Å². The number of ether oxygens (including phenoxy) is 1. The minimum Gasteiger partial charge on any atom is -0.469 e. The van der Waals surface area contributed by atoms with Gasteiger partial charge in [0.15, 0.2) is 5.96 Å². The summed E-state index contributed by atoms with van der Waals surface area (Å²) in [5, 5.41) is 6.68. The molecule has 2 rings (SSSR count). The Hall–Kier alpha value is -1.78. The molecule has 1 saturated carbocycles. The zero-order valence-electron chi connectivity index (χ0n) is 17.5. The Labute approximate surface area is 189 Å². The average molecular weight is 520 g/mol. The highest BCUT2D eigenvalue weighted by atomic mass is 127. The van der Waals surface area contributed by atoms with Crippen molar-refractivity contribution in [2.45, 2.75) is 45.1 Å². The van der Waals surface area contributed by atoms with Crippen molar-refractivity contribution in [2.75, 3.05) is 33.8 Å². The summed E-state index contributed by atoms with van der Waals surface area (Å²) >= 11 is 0. The lowest BCUT2D eigenvalue weighted by molar-refractivity contribution is -0.149. The summed E-state index contributed by atoms with van der Waals surface area (Å²) < 4.78 is 10.5. The number of nitrogens with one attached hydrogen (secondary N) is 2. The van der Waals surface area contributed by atoms with Gasteiger partial charge in [0.1, 0.15) is 12.3 Å². The van der Waals surface area contributed by atoms with Crippen LogP contribution in [0.4, 0.5) is 0 Å². The Bertz CT molecular complexity index is 641. The number of halogens is 1. The van der Waals surface area contributed by atoms with Crippen molar-refractivity contribution < 1.29 is 18.7 Å². The predicted molar refractivity (Wildman–Crippen MR) is 122 cm³/mol. The van der Waals surface area contributed by atoms with E-state index >= 15 is 0 Å². The van der Waals surface area contributed by atoms with Crippen LogP contribution >= 0.6 is 24.0 Å². The third-order valence-corrected chi connectivity index (χ3v) is 4.80. The Balaban J connectivity index is 0.00000420. The maximum absolute atomic E-state index is 11.9. The molecule has 1 fully saturated rings. The molecule has 0 radical (unpaired) electrons. The highest BCUT2D eigenvalue weighted by Gasteiger charge is 2.27. The number of nitrogens with zero attached hydrogens (tertiary/aromatic N) is 2. The van der Waals surface area contributed by atoms with E-state index in [-0.39, 0.29) is 54.4 Å². The number of esters is 1. The van der Waals surface area contributed by atoms with E-state index in [0.29, 0.717) is 19.1 Å². The van der Waals surface area contributed by atoms with Crippen LogP contribution in [-0.2, 0) is 20.7 Å². The molecular weight excluding hydrogens is 487 g/mol. The van der Waals surface area contributed by atoms with Crippen molar-refractivity contribution in [1.29, 1.82) is 0 Å². The van der Waals surface area contributed by atoms with E-state index in [2.05, 4.69) is 15.6 Å². The lowest BCUT2D eigenvalue weighted by Crippen LogP contribution is -2.46. The molecule has 1 aliphatic carbocycles.